The van der Waals surface area contributed by atoms with Gasteiger partial charge in [-0.05, 0) is 25.1 Å². The second-order valence-corrected chi connectivity index (χ2v) is 4.88. The Bertz CT molecular complexity index is 400. The van der Waals surface area contributed by atoms with E-state index in [0.717, 1.165) is 31.2 Å². The molecule has 0 aliphatic carbocycles. The molecule has 2 rings (SSSR count). The second kappa shape index (κ2) is 5.52. The van der Waals surface area contributed by atoms with Gasteiger partial charge in [0.2, 0.25) is 0 Å². The van der Waals surface area contributed by atoms with Crippen molar-refractivity contribution in [1.82, 2.24) is 4.90 Å². The van der Waals surface area contributed by atoms with Crippen LogP contribution in [-0.4, -0.2) is 43.4 Å². The molecule has 1 heterocycles. The molecule has 0 radical (unpaired) electrons. The first-order valence-electron chi connectivity index (χ1n) is 5.87. The Balaban J connectivity index is 1.93. The van der Waals surface area contributed by atoms with E-state index in [9.17, 15) is 4.79 Å². The Hall–Kier alpha value is -1.06. The number of piperazine rings is 1. The number of anilines is 1. The number of benzene rings is 1. The van der Waals surface area contributed by atoms with Crippen LogP contribution in [0, 0.1) is 0 Å². The molecule has 0 aromatic heterocycles. The molecule has 0 spiro atoms. The van der Waals surface area contributed by atoms with Crippen molar-refractivity contribution < 1.29 is 4.79 Å². The highest BCUT2D eigenvalue weighted by molar-refractivity contribution is 6.30. The molecule has 92 valence electrons. The third kappa shape index (κ3) is 3.45. The van der Waals surface area contributed by atoms with Crippen molar-refractivity contribution in [3.63, 3.8) is 0 Å². The van der Waals surface area contributed by atoms with Crippen LogP contribution in [0.25, 0.3) is 0 Å². The lowest BCUT2D eigenvalue weighted by Gasteiger charge is -2.35. The highest BCUT2D eigenvalue weighted by Gasteiger charge is 2.17. The predicted molar refractivity (Wildman–Crippen MR) is 70.8 cm³/mol. The van der Waals surface area contributed by atoms with Gasteiger partial charge in [-0.15, -0.1) is 0 Å². The SMILES string of the molecule is CC(=O)CN1CCN(c2cccc(Cl)c2)CC1. The molecule has 4 heteroatoms. The van der Waals surface area contributed by atoms with Gasteiger partial charge in [-0.25, -0.2) is 0 Å². The minimum Gasteiger partial charge on any atom is -0.369 e. The first-order valence-corrected chi connectivity index (χ1v) is 6.25. The van der Waals surface area contributed by atoms with Gasteiger partial charge >= 0.3 is 0 Å². The summed E-state index contributed by atoms with van der Waals surface area (Å²) in [7, 11) is 0. The van der Waals surface area contributed by atoms with Gasteiger partial charge in [0, 0.05) is 36.9 Å². The molecular formula is C13H17ClN2O. The zero-order valence-corrected chi connectivity index (χ0v) is 10.8. The zero-order valence-electron chi connectivity index (χ0n) is 10.0. The number of halogens is 1. The third-order valence-corrected chi connectivity index (χ3v) is 3.23. The largest absolute Gasteiger partial charge is 0.369 e. The molecule has 0 saturated carbocycles. The van der Waals surface area contributed by atoms with E-state index in [0.29, 0.717) is 6.54 Å². The van der Waals surface area contributed by atoms with Crippen molar-refractivity contribution in [2.45, 2.75) is 6.92 Å². The lowest BCUT2D eigenvalue weighted by atomic mass is 10.2. The standard InChI is InChI=1S/C13H17ClN2O/c1-11(17)10-15-5-7-16(8-6-15)13-4-2-3-12(14)9-13/h2-4,9H,5-8,10H2,1H3. The Morgan fingerprint density at radius 3 is 2.59 bits per heavy atom. The first-order chi connectivity index (χ1) is 8.15. The fourth-order valence-electron chi connectivity index (χ4n) is 2.15. The van der Waals surface area contributed by atoms with Crippen LogP contribution in [0.3, 0.4) is 0 Å². The number of nitrogens with zero attached hydrogens (tertiary/aromatic N) is 2. The van der Waals surface area contributed by atoms with Crippen molar-refractivity contribution in [2.24, 2.45) is 0 Å². The highest BCUT2D eigenvalue weighted by Crippen LogP contribution is 2.20. The number of carbonyl (C=O) groups is 1. The topological polar surface area (TPSA) is 23.6 Å². The molecule has 1 aliphatic rings. The van der Waals surface area contributed by atoms with Crippen molar-refractivity contribution in [2.75, 3.05) is 37.6 Å². The van der Waals surface area contributed by atoms with E-state index in [4.69, 9.17) is 11.6 Å². The summed E-state index contributed by atoms with van der Waals surface area (Å²) in [5, 5.41) is 0.772. The number of ketones is 1. The predicted octanol–water partition coefficient (Wildman–Crippen LogP) is 2.05. The minimum atomic E-state index is 0.237. The summed E-state index contributed by atoms with van der Waals surface area (Å²) < 4.78 is 0. The molecule has 0 bridgehead atoms. The number of hydrogen-bond donors (Lipinski definition) is 0. The van der Waals surface area contributed by atoms with Crippen molar-refractivity contribution in [1.29, 1.82) is 0 Å². The van der Waals surface area contributed by atoms with E-state index in [1.165, 1.54) is 5.69 Å². The summed E-state index contributed by atoms with van der Waals surface area (Å²) >= 11 is 5.98. The molecule has 1 saturated heterocycles. The summed E-state index contributed by atoms with van der Waals surface area (Å²) in [6, 6.07) is 7.92. The van der Waals surface area contributed by atoms with Gasteiger partial charge in [0.05, 0.1) is 6.54 Å². The fourth-order valence-corrected chi connectivity index (χ4v) is 2.34. The van der Waals surface area contributed by atoms with Crippen molar-refractivity contribution in [3.05, 3.63) is 29.3 Å². The Kier molecular flexibility index (Phi) is 4.02. The first kappa shape index (κ1) is 12.4. The molecule has 3 nitrogen and oxygen atoms in total. The van der Waals surface area contributed by atoms with Gasteiger partial charge in [0.15, 0.2) is 0 Å². The van der Waals surface area contributed by atoms with Crippen LogP contribution in [0.1, 0.15) is 6.92 Å². The quantitative estimate of drug-likeness (QED) is 0.823. The molecule has 1 aliphatic heterocycles. The van der Waals surface area contributed by atoms with Crippen LogP contribution in [0.15, 0.2) is 24.3 Å². The van der Waals surface area contributed by atoms with Crippen molar-refractivity contribution >= 4 is 23.1 Å². The third-order valence-electron chi connectivity index (χ3n) is 2.99. The Morgan fingerprint density at radius 1 is 1.29 bits per heavy atom. The van der Waals surface area contributed by atoms with E-state index in [-0.39, 0.29) is 5.78 Å². The van der Waals surface area contributed by atoms with Gasteiger partial charge < -0.3 is 4.90 Å². The summed E-state index contributed by atoms with van der Waals surface area (Å²) in [5.74, 6) is 0.237. The van der Waals surface area contributed by atoms with E-state index >= 15 is 0 Å². The van der Waals surface area contributed by atoms with Crippen LogP contribution < -0.4 is 4.90 Å². The fraction of sp³-hybridized carbons (Fsp3) is 0.462. The van der Waals surface area contributed by atoms with E-state index < -0.39 is 0 Å². The van der Waals surface area contributed by atoms with Crippen LogP contribution >= 0.6 is 11.6 Å². The zero-order chi connectivity index (χ0) is 12.3. The lowest BCUT2D eigenvalue weighted by molar-refractivity contribution is -0.118. The Labute approximate surface area is 107 Å². The average Bonchev–Trinajstić information content (AvgIpc) is 2.29. The molecule has 0 N–H and O–H groups in total. The molecule has 1 fully saturated rings. The average molecular weight is 253 g/mol. The maximum absolute atomic E-state index is 11.0. The molecule has 0 atom stereocenters. The van der Waals surface area contributed by atoms with Crippen LogP contribution in [0.5, 0.6) is 0 Å². The van der Waals surface area contributed by atoms with E-state index in [1.54, 1.807) is 6.92 Å². The summed E-state index contributed by atoms with van der Waals surface area (Å²) in [5.41, 5.74) is 1.17. The smallest absolute Gasteiger partial charge is 0.143 e. The van der Waals surface area contributed by atoms with E-state index in [2.05, 4.69) is 15.9 Å². The molecular weight excluding hydrogens is 236 g/mol. The van der Waals surface area contributed by atoms with E-state index in [1.807, 2.05) is 18.2 Å². The summed E-state index contributed by atoms with van der Waals surface area (Å²) in [6.07, 6.45) is 0. The normalized spacial score (nSPS) is 17.2. The maximum atomic E-state index is 11.0. The molecule has 0 amide bonds. The van der Waals surface area contributed by atoms with Crippen LogP contribution in [0.4, 0.5) is 5.69 Å². The van der Waals surface area contributed by atoms with Gasteiger partial charge in [-0.3, -0.25) is 9.69 Å². The van der Waals surface area contributed by atoms with Crippen LogP contribution in [-0.2, 0) is 4.79 Å². The number of Topliss-reactive ketones (excluding diaryl/α,β-unsaturated/α-hetero) is 1. The van der Waals surface area contributed by atoms with Gasteiger partial charge in [0.1, 0.15) is 5.78 Å². The molecule has 17 heavy (non-hydrogen) atoms. The summed E-state index contributed by atoms with van der Waals surface area (Å²) in [6.45, 7) is 5.99. The van der Waals surface area contributed by atoms with Crippen molar-refractivity contribution in [3.8, 4) is 0 Å². The monoisotopic (exact) mass is 252 g/mol. The minimum absolute atomic E-state index is 0.237. The number of rotatable bonds is 3. The summed E-state index contributed by atoms with van der Waals surface area (Å²) in [4.78, 5) is 15.5. The highest BCUT2D eigenvalue weighted by atomic mass is 35.5. The number of hydrogen-bond acceptors (Lipinski definition) is 3. The maximum Gasteiger partial charge on any atom is 0.143 e. The molecule has 1 aromatic carbocycles. The second-order valence-electron chi connectivity index (χ2n) is 4.45. The van der Waals surface area contributed by atoms with Crippen LogP contribution in [0.2, 0.25) is 5.02 Å². The van der Waals surface area contributed by atoms with Gasteiger partial charge in [-0.1, -0.05) is 17.7 Å². The Morgan fingerprint density at radius 2 is 2.00 bits per heavy atom. The van der Waals surface area contributed by atoms with Gasteiger partial charge in [-0.2, -0.15) is 0 Å². The number of carbonyl (C=O) groups excluding carboxylic acids is 1. The molecule has 0 unspecified atom stereocenters. The van der Waals surface area contributed by atoms with Gasteiger partial charge in [0.25, 0.3) is 0 Å². The lowest BCUT2D eigenvalue weighted by Crippen LogP contribution is -2.47. The molecule has 1 aromatic rings.